The fourth-order valence-corrected chi connectivity index (χ4v) is 3.93. The smallest absolute Gasteiger partial charge is 0.227 e. The minimum absolute atomic E-state index is 0.171. The molecule has 1 saturated heterocycles. The molecule has 1 aromatic heterocycles. The molecule has 3 atom stereocenters. The van der Waals surface area contributed by atoms with Gasteiger partial charge < -0.3 is 10.6 Å². The third-order valence-corrected chi connectivity index (χ3v) is 5.28. The van der Waals surface area contributed by atoms with Crippen molar-refractivity contribution in [1.82, 2.24) is 4.90 Å². The highest BCUT2D eigenvalue weighted by Gasteiger charge is 2.34. The van der Waals surface area contributed by atoms with Gasteiger partial charge in [-0.3, -0.25) is 4.79 Å². The number of likely N-dealkylation sites (tertiary alicyclic amines) is 1. The lowest BCUT2D eigenvalue weighted by atomic mass is 9.93. The zero-order valence-electron chi connectivity index (χ0n) is 12.8. The third-order valence-electron chi connectivity index (χ3n) is 4.58. The summed E-state index contributed by atoms with van der Waals surface area (Å²) >= 11 is 1.69. The molecular weight excluding hydrogens is 292 g/mol. The summed E-state index contributed by atoms with van der Waals surface area (Å²) in [5.74, 6) is -0.0355. The Labute approximate surface area is 135 Å². The van der Waals surface area contributed by atoms with E-state index in [0.29, 0.717) is 0 Å². The number of thiophene rings is 1. The zero-order valence-corrected chi connectivity index (χ0v) is 13.6. The van der Waals surface area contributed by atoms with Gasteiger partial charge in [0.2, 0.25) is 5.91 Å². The van der Waals surface area contributed by atoms with Crippen molar-refractivity contribution in [3.63, 3.8) is 0 Å². The van der Waals surface area contributed by atoms with Gasteiger partial charge in [0.15, 0.2) is 0 Å². The predicted molar refractivity (Wildman–Crippen MR) is 90.5 cm³/mol. The largest absolute Gasteiger partial charge is 0.335 e. The average Bonchev–Trinajstić information content (AvgIpc) is 3.24. The number of hydrogen-bond acceptors (Lipinski definition) is 3. The van der Waals surface area contributed by atoms with Crippen molar-refractivity contribution in [3.8, 4) is 0 Å². The van der Waals surface area contributed by atoms with Crippen LogP contribution < -0.4 is 5.73 Å². The maximum atomic E-state index is 12.9. The van der Waals surface area contributed by atoms with Gasteiger partial charge in [-0.2, -0.15) is 11.3 Å². The topological polar surface area (TPSA) is 46.3 Å². The number of benzene rings is 1. The van der Waals surface area contributed by atoms with E-state index in [2.05, 4.69) is 16.8 Å². The molecule has 0 radical (unpaired) electrons. The van der Waals surface area contributed by atoms with Crippen LogP contribution in [0.2, 0.25) is 0 Å². The Hall–Kier alpha value is -1.65. The first kappa shape index (κ1) is 15.3. The summed E-state index contributed by atoms with van der Waals surface area (Å²) in [6.07, 6.45) is 2.12. The molecule has 1 aliphatic rings. The van der Waals surface area contributed by atoms with Gasteiger partial charge in [-0.1, -0.05) is 37.3 Å². The summed E-state index contributed by atoms with van der Waals surface area (Å²) < 4.78 is 0. The first-order valence-electron chi connectivity index (χ1n) is 7.81. The van der Waals surface area contributed by atoms with Crippen LogP contribution in [0.4, 0.5) is 0 Å². The number of rotatable bonds is 4. The number of carbonyl (C=O) groups excluding carboxylic acids is 1. The molecule has 1 aliphatic heterocycles. The van der Waals surface area contributed by atoms with E-state index in [1.165, 1.54) is 5.56 Å². The molecule has 22 heavy (non-hydrogen) atoms. The van der Waals surface area contributed by atoms with Crippen molar-refractivity contribution in [2.45, 2.75) is 31.8 Å². The summed E-state index contributed by atoms with van der Waals surface area (Å²) in [4.78, 5) is 14.9. The standard InChI is InChI=1S/C18H22N2OS/c1-13(17(19)14-6-3-2-4-7-14)18(21)20-10-5-8-16(20)15-9-11-22-12-15/h2-4,6-7,9,11-13,16-17H,5,8,10,19H2,1H3. The highest BCUT2D eigenvalue weighted by Crippen LogP contribution is 2.35. The molecule has 1 aromatic carbocycles. The van der Waals surface area contributed by atoms with Crippen LogP contribution in [0.5, 0.6) is 0 Å². The molecule has 2 heterocycles. The fourth-order valence-electron chi connectivity index (χ4n) is 3.22. The van der Waals surface area contributed by atoms with Crippen molar-refractivity contribution < 1.29 is 4.79 Å². The van der Waals surface area contributed by atoms with Crippen LogP contribution in [0.3, 0.4) is 0 Å². The van der Waals surface area contributed by atoms with Gasteiger partial charge in [0.25, 0.3) is 0 Å². The molecule has 2 aromatic rings. The van der Waals surface area contributed by atoms with E-state index < -0.39 is 0 Å². The van der Waals surface area contributed by atoms with Gasteiger partial charge in [-0.25, -0.2) is 0 Å². The quantitative estimate of drug-likeness (QED) is 0.934. The van der Waals surface area contributed by atoms with Crippen molar-refractivity contribution in [1.29, 1.82) is 0 Å². The first-order chi connectivity index (χ1) is 10.7. The fraction of sp³-hybridized carbons (Fsp3) is 0.389. The number of amides is 1. The van der Waals surface area contributed by atoms with Crippen molar-refractivity contribution in [3.05, 3.63) is 58.3 Å². The summed E-state index contributed by atoms with van der Waals surface area (Å²) in [5, 5.41) is 4.23. The van der Waals surface area contributed by atoms with Crippen molar-refractivity contribution in [2.24, 2.45) is 11.7 Å². The SMILES string of the molecule is CC(C(=O)N1CCCC1c1ccsc1)C(N)c1ccccc1. The molecule has 0 aliphatic carbocycles. The molecule has 3 rings (SSSR count). The van der Waals surface area contributed by atoms with Crippen LogP contribution >= 0.6 is 11.3 Å². The first-order valence-corrected chi connectivity index (χ1v) is 8.76. The number of nitrogens with two attached hydrogens (primary N) is 1. The van der Waals surface area contributed by atoms with E-state index in [1.807, 2.05) is 42.2 Å². The molecule has 3 unspecified atom stereocenters. The zero-order chi connectivity index (χ0) is 15.5. The summed E-state index contributed by atoms with van der Waals surface area (Å²) in [6, 6.07) is 12.0. The Balaban J connectivity index is 1.75. The maximum Gasteiger partial charge on any atom is 0.227 e. The minimum atomic E-state index is -0.252. The lowest BCUT2D eigenvalue weighted by molar-refractivity contribution is -0.136. The van der Waals surface area contributed by atoms with Gasteiger partial charge in [-0.15, -0.1) is 0 Å². The third kappa shape index (κ3) is 2.94. The van der Waals surface area contributed by atoms with Crippen LogP contribution in [0.1, 0.15) is 43.0 Å². The maximum absolute atomic E-state index is 12.9. The molecule has 0 saturated carbocycles. The molecule has 3 nitrogen and oxygen atoms in total. The van der Waals surface area contributed by atoms with Crippen molar-refractivity contribution in [2.75, 3.05) is 6.54 Å². The molecule has 0 spiro atoms. The van der Waals surface area contributed by atoms with Crippen LogP contribution in [0.25, 0.3) is 0 Å². The van der Waals surface area contributed by atoms with Gasteiger partial charge in [0.05, 0.1) is 12.0 Å². The van der Waals surface area contributed by atoms with E-state index in [-0.39, 0.29) is 23.9 Å². The van der Waals surface area contributed by atoms with Crippen LogP contribution in [0, 0.1) is 5.92 Å². The van der Waals surface area contributed by atoms with E-state index in [9.17, 15) is 4.79 Å². The predicted octanol–water partition coefficient (Wildman–Crippen LogP) is 3.75. The molecular formula is C18H22N2OS. The highest BCUT2D eigenvalue weighted by molar-refractivity contribution is 7.07. The molecule has 1 amide bonds. The van der Waals surface area contributed by atoms with E-state index in [1.54, 1.807) is 11.3 Å². The monoisotopic (exact) mass is 314 g/mol. The Morgan fingerprint density at radius 3 is 2.77 bits per heavy atom. The Morgan fingerprint density at radius 2 is 2.09 bits per heavy atom. The lowest BCUT2D eigenvalue weighted by Crippen LogP contribution is -2.38. The van der Waals surface area contributed by atoms with Crippen LogP contribution in [-0.2, 0) is 4.79 Å². The number of carbonyl (C=O) groups is 1. The summed E-state index contributed by atoms with van der Waals surface area (Å²) in [7, 11) is 0. The molecule has 0 bridgehead atoms. The molecule has 4 heteroatoms. The Morgan fingerprint density at radius 1 is 1.32 bits per heavy atom. The van der Waals surface area contributed by atoms with Gasteiger partial charge in [-0.05, 0) is 40.8 Å². The van der Waals surface area contributed by atoms with Gasteiger partial charge >= 0.3 is 0 Å². The minimum Gasteiger partial charge on any atom is -0.335 e. The second kappa shape index (κ2) is 6.63. The summed E-state index contributed by atoms with van der Waals surface area (Å²) in [6.45, 7) is 2.79. The molecule has 1 fully saturated rings. The average molecular weight is 314 g/mol. The second-order valence-corrected chi connectivity index (χ2v) is 6.75. The summed E-state index contributed by atoms with van der Waals surface area (Å²) in [5.41, 5.74) is 8.61. The molecule has 2 N–H and O–H groups in total. The Bertz CT molecular complexity index is 611. The van der Waals surface area contributed by atoms with E-state index in [4.69, 9.17) is 5.73 Å². The lowest BCUT2D eigenvalue weighted by Gasteiger charge is -2.29. The van der Waals surface area contributed by atoms with Crippen molar-refractivity contribution >= 4 is 17.2 Å². The van der Waals surface area contributed by atoms with E-state index in [0.717, 1.165) is 24.9 Å². The van der Waals surface area contributed by atoms with Gasteiger partial charge in [0, 0.05) is 12.6 Å². The van der Waals surface area contributed by atoms with Crippen LogP contribution in [0.15, 0.2) is 47.2 Å². The van der Waals surface area contributed by atoms with Crippen LogP contribution in [-0.4, -0.2) is 17.4 Å². The molecule has 116 valence electrons. The normalized spacial score (nSPS) is 20.8. The Kier molecular flexibility index (Phi) is 4.60. The second-order valence-electron chi connectivity index (χ2n) is 5.97. The number of hydrogen-bond donors (Lipinski definition) is 1. The van der Waals surface area contributed by atoms with Gasteiger partial charge in [0.1, 0.15) is 0 Å². The van der Waals surface area contributed by atoms with E-state index >= 15 is 0 Å². The number of nitrogens with zero attached hydrogens (tertiary/aromatic N) is 1. The highest BCUT2D eigenvalue weighted by atomic mass is 32.1.